The van der Waals surface area contributed by atoms with Gasteiger partial charge in [0, 0.05) is 12.8 Å². The number of amides is 1. The third-order valence-corrected chi connectivity index (χ3v) is 3.11. The molecular weight excluding hydrogens is 254 g/mol. The van der Waals surface area contributed by atoms with Crippen LogP contribution in [0.1, 0.15) is 32.1 Å². The van der Waals surface area contributed by atoms with Crippen molar-refractivity contribution in [2.45, 2.75) is 43.8 Å². The number of unbranched alkanes of at least 4 members (excludes halogenated alkanes) is 1. The molecule has 2 atom stereocenters. The number of carboxylic acid groups (broad SMARTS) is 2. The minimum atomic E-state index is -1.68. The number of carbonyl (C=O) groups excluding carboxylic acids is 1. The fourth-order valence-electron chi connectivity index (χ4n) is 2.04. The number of hydrogen-bond donors (Lipinski definition) is 5. The quantitative estimate of drug-likeness (QED) is 0.351. The zero-order chi connectivity index (χ0) is 14.5. The summed E-state index contributed by atoms with van der Waals surface area (Å²) in [6.45, 7) is 0.452. The van der Waals surface area contributed by atoms with E-state index in [4.69, 9.17) is 10.8 Å². The second kappa shape index (κ2) is 6.48. The van der Waals surface area contributed by atoms with Crippen LogP contribution >= 0.6 is 0 Å². The smallest absolute Gasteiger partial charge is 0.344 e. The third-order valence-electron chi connectivity index (χ3n) is 3.11. The summed E-state index contributed by atoms with van der Waals surface area (Å²) in [5.41, 5.74) is 3.65. The lowest BCUT2D eigenvalue weighted by Crippen LogP contribution is -2.64. The zero-order valence-electron chi connectivity index (χ0n) is 10.5. The lowest BCUT2D eigenvalue weighted by molar-refractivity contribution is -0.149. The van der Waals surface area contributed by atoms with Crippen molar-refractivity contribution in [2.24, 2.45) is 5.73 Å². The van der Waals surface area contributed by atoms with Gasteiger partial charge in [0.05, 0.1) is 0 Å². The number of nitrogens with one attached hydrogen (secondary N) is 2. The van der Waals surface area contributed by atoms with Gasteiger partial charge in [-0.05, 0) is 19.4 Å². The van der Waals surface area contributed by atoms with Gasteiger partial charge in [0.2, 0.25) is 5.91 Å². The SMILES string of the molecule is NCCCC[C@H](N[C@@]1(C(=O)O)CCC(=O)N1)C(=O)O. The Morgan fingerprint density at radius 3 is 2.53 bits per heavy atom. The molecule has 1 aliphatic heterocycles. The van der Waals surface area contributed by atoms with Crippen LogP contribution in [0.25, 0.3) is 0 Å². The molecule has 8 nitrogen and oxygen atoms in total. The monoisotopic (exact) mass is 273 g/mol. The highest BCUT2D eigenvalue weighted by molar-refractivity contribution is 5.91. The van der Waals surface area contributed by atoms with Crippen molar-refractivity contribution in [1.29, 1.82) is 0 Å². The molecule has 0 unspecified atom stereocenters. The Kier molecular flexibility index (Phi) is 5.25. The van der Waals surface area contributed by atoms with E-state index in [1.807, 2.05) is 0 Å². The molecule has 1 rings (SSSR count). The van der Waals surface area contributed by atoms with Gasteiger partial charge < -0.3 is 21.3 Å². The Labute approximate surface area is 110 Å². The topological polar surface area (TPSA) is 142 Å². The van der Waals surface area contributed by atoms with Gasteiger partial charge in [-0.15, -0.1) is 0 Å². The number of nitrogens with two attached hydrogens (primary N) is 1. The van der Waals surface area contributed by atoms with Crippen LogP contribution in [0.2, 0.25) is 0 Å². The maximum Gasteiger partial charge on any atom is 0.344 e. The maximum absolute atomic E-state index is 11.3. The van der Waals surface area contributed by atoms with Crippen molar-refractivity contribution in [1.82, 2.24) is 10.6 Å². The Hall–Kier alpha value is -1.67. The first-order valence-electron chi connectivity index (χ1n) is 6.16. The standard InChI is InChI=1S/C11H19N3O5/c12-6-2-1-3-7(9(16)17)13-11(10(18)19)5-4-8(15)14-11/h7,13H,1-6,12H2,(H,14,15)(H,16,17)(H,18,19)/t7-,11-/m0/s1. The van der Waals surface area contributed by atoms with Gasteiger partial charge in [0.15, 0.2) is 5.66 Å². The van der Waals surface area contributed by atoms with E-state index in [2.05, 4.69) is 10.6 Å². The molecule has 0 radical (unpaired) electrons. The first kappa shape index (κ1) is 15.4. The highest BCUT2D eigenvalue weighted by Gasteiger charge is 2.46. The average Bonchev–Trinajstić information content (AvgIpc) is 2.71. The van der Waals surface area contributed by atoms with Gasteiger partial charge in [-0.2, -0.15) is 0 Å². The van der Waals surface area contributed by atoms with E-state index >= 15 is 0 Å². The first-order valence-corrected chi connectivity index (χ1v) is 6.16. The minimum Gasteiger partial charge on any atom is -0.480 e. The summed E-state index contributed by atoms with van der Waals surface area (Å²) >= 11 is 0. The predicted octanol–water partition coefficient (Wildman–Crippen LogP) is -1.15. The molecule has 1 aliphatic rings. The molecule has 0 aromatic rings. The summed E-state index contributed by atoms with van der Waals surface area (Å²) in [5.74, 6) is -2.82. The second-order valence-corrected chi connectivity index (χ2v) is 4.58. The van der Waals surface area contributed by atoms with Crippen molar-refractivity contribution in [2.75, 3.05) is 6.54 Å². The van der Waals surface area contributed by atoms with Crippen molar-refractivity contribution in [3.63, 3.8) is 0 Å². The summed E-state index contributed by atoms with van der Waals surface area (Å²) in [6, 6.07) is -1.03. The second-order valence-electron chi connectivity index (χ2n) is 4.58. The molecule has 0 spiro atoms. The molecule has 6 N–H and O–H groups in total. The van der Waals surface area contributed by atoms with E-state index < -0.39 is 29.6 Å². The van der Waals surface area contributed by atoms with Gasteiger partial charge in [0.25, 0.3) is 0 Å². The Bertz CT molecular complexity index is 373. The number of carboxylic acids is 2. The summed E-state index contributed by atoms with van der Waals surface area (Å²) in [6.07, 6.45) is 1.59. The molecule has 0 aliphatic carbocycles. The van der Waals surface area contributed by atoms with E-state index in [-0.39, 0.29) is 19.3 Å². The molecule has 1 saturated heterocycles. The van der Waals surface area contributed by atoms with Crippen molar-refractivity contribution in [3.05, 3.63) is 0 Å². The lowest BCUT2D eigenvalue weighted by atomic mass is 10.0. The zero-order valence-corrected chi connectivity index (χ0v) is 10.5. The number of aliphatic carboxylic acids is 2. The highest BCUT2D eigenvalue weighted by atomic mass is 16.4. The molecule has 0 bridgehead atoms. The first-order chi connectivity index (χ1) is 8.91. The van der Waals surface area contributed by atoms with E-state index in [0.717, 1.165) is 0 Å². The van der Waals surface area contributed by atoms with E-state index in [0.29, 0.717) is 19.4 Å². The van der Waals surface area contributed by atoms with Gasteiger partial charge in [-0.1, -0.05) is 6.42 Å². The molecular formula is C11H19N3O5. The maximum atomic E-state index is 11.3. The molecule has 1 heterocycles. The van der Waals surface area contributed by atoms with E-state index in [9.17, 15) is 19.5 Å². The highest BCUT2D eigenvalue weighted by Crippen LogP contribution is 2.19. The van der Waals surface area contributed by atoms with Crippen molar-refractivity contribution in [3.8, 4) is 0 Å². The van der Waals surface area contributed by atoms with Gasteiger partial charge in [-0.25, -0.2) is 4.79 Å². The molecule has 1 amide bonds. The summed E-state index contributed by atoms with van der Waals surface area (Å²) in [7, 11) is 0. The fourth-order valence-corrected chi connectivity index (χ4v) is 2.04. The molecule has 1 fully saturated rings. The van der Waals surface area contributed by atoms with Crippen LogP contribution in [-0.2, 0) is 14.4 Å². The molecule has 8 heteroatoms. The van der Waals surface area contributed by atoms with Gasteiger partial charge in [0.1, 0.15) is 6.04 Å². The van der Waals surface area contributed by atoms with Crippen LogP contribution in [0.15, 0.2) is 0 Å². The van der Waals surface area contributed by atoms with Crippen LogP contribution in [0, 0.1) is 0 Å². The van der Waals surface area contributed by atoms with E-state index in [1.165, 1.54) is 0 Å². The third kappa shape index (κ3) is 3.90. The van der Waals surface area contributed by atoms with E-state index in [1.54, 1.807) is 0 Å². The molecule has 0 aromatic heterocycles. The summed E-state index contributed by atoms with van der Waals surface area (Å²) in [4.78, 5) is 33.6. The predicted molar refractivity (Wildman–Crippen MR) is 65.2 cm³/mol. The fraction of sp³-hybridized carbons (Fsp3) is 0.727. The molecule has 0 aromatic carbocycles. The van der Waals surface area contributed by atoms with Crippen LogP contribution in [0.3, 0.4) is 0 Å². The normalized spacial score (nSPS) is 23.9. The number of rotatable bonds is 8. The van der Waals surface area contributed by atoms with Gasteiger partial charge >= 0.3 is 11.9 Å². The summed E-state index contributed by atoms with van der Waals surface area (Å²) in [5, 5.41) is 23.1. The Morgan fingerprint density at radius 2 is 2.11 bits per heavy atom. The summed E-state index contributed by atoms with van der Waals surface area (Å²) < 4.78 is 0. The molecule has 19 heavy (non-hydrogen) atoms. The molecule has 108 valence electrons. The van der Waals surface area contributed by atoms with Gasteiger partial charge in [-0.3, -0.25) is 14.9 Å². The Morgan fingerprint density at radius 1 is 1.42 bits per heavy atom. The number of carbonyl (C=O) groups is 3. The average molecular weight is 273 g/mol. The minimum absolute atomic E-state index is 0.0296. The number of hydrogen-bond acceptors (Lipinski definition) is 5. The van der Waals surface area contributed by atoms with Crippen LogP contribution < -0.4 is 16.4 Å². The van der Waals surface area contributed by atoms with Crippen LogP contribution in [0.4, 0.5) is 0 Å². The Balaban J connectivity index is 2.72. The van der Waals surface area contributed by atoms with Crippen molar-refractivity contribution >= 4 is 17.8 Å². The largest absolute Gasteiger partial charge is 0.480 e. The van der Waals surface area contributed by atoms with Crippen molar-refractivity contribution < 1.29 is 24.6 Å². The molecule has 0 saturated carbocycles. The van der Waals surface area contributed by atoms with Crippen LogP contribution in [-0.4, -0.2) is 46.3 Å². The van der Waals surface area contributed by atoms with Crippen LogP contribution in [0.5, 0.6) is 0 Å². The lowest BCUT2D eigenvalue weighted by Gasteiger charge is -2.29.